The Morgan fingerprint density at radius 2 is 1.76 bits per heavy atom. The lowest BCUT2D eigenvalue weighted by molar-refractivity contribution is -0.120. The molecule has 0 saturated carbocycles. The molecule has 1 amide bonds. The molecule has 2 aromatic rings. The molecule has 0 aliphatic rings. The van der Waals surface area contributed by atoms with Gasteiger partial charge in [-0.2, -0.15) is 0 Å². The molecule has 0 heterocycles. The lowest BCUT2D eigenvalue weighted by Gasteiger charge is -2.09. The fourth-order valence-electron chi connectivity index (χ4n) is 2.42. The van der Waals surface area contributed by atoms with E-state index in [1.807, 2.05) is 32.0 Å². The van der Waals surface area contributed by atoms with Gasteiger partial charge >= 0.3 is 0 Å². The molecule has 0 radical (unpaired) electrons. The van der Waals surface area contributed by atoms with Gasteiger partial charge in [-0.05, 0) is 42.7 Å². The van der Waals surface area contributed by atoms with Crippen molar-refractivity contribution in [2.45, 2.75) is 38.3 Å². The van der Waals surface area contributed by atoms with Crippen molar-refractivity contribution in [2.24, 2.45) is 0 Å². The van der Waals surface area contributed by atoms with Crippen LogP contribution in [0.3, 0.4) is 0 Å². The molecule has 0 bridgehead atoms. The summed E-state index contributed by atoms with van der Waals surface area (Å²) in [6.45, 7) is 4.09. The molecule has 2 N–H and O–H groups in total. The van der Waals surface area contributed by atoms with Gasteiger partial charge in [-0.25, -0.2) is 8.42 Å². The van der Waals surface area contributed by atoms with E-state index in [-0.39, 0.29) is 29.6 Å². The Kier molecular flexibility index (Phi) is 6.33. The first-order valence-corrected chi connectivity index (χ1v) is 9.72. The smallest absolute Gasteiger partial charge is 0.221 e. The van der Waals surface area contributed by atoms with Crippen molar-refractivity contribution in [1.29, 1.82) is 0 Å². The van der Waals surface area contributed by atoms with Crippen LogP contribution in [0.15, 0.2) is 47.4 Å². The summed E-state index contributed by atoms with van der Waals surface area (Å²) in [4.78, 5) is 12.2. The van der Waals surface area contributed by atoms with Crippen LogP contribution in [0, 0.1) is 13.8 Å². The molecule has 2 aromatic carbocycles. The Labute approximate surface area is 148 Å². The summed E-state index contributed by atoms with van der Waals surface area (Å²) in [5, 5.41) is 11.9. The third kappa shape index (κ3) is 5.41. The highest BCUT2D eigenvalue weighted by Crippen LogP contribution is 2.13. The quantitative estimate of drug-likeness (QED) is 0.792. The summed E-state index contributed by atoms with van der Waals surface area (Å²) >= 11 is 0. The number of carbonyl (C=O) groups is 1. The van der Waals surface area contributed by atoms with E-state index < -0.39 is 9.84 Å². The van der Waals surface area contributed by atoms with Crippen molar-refractivity contribution >= 4 is 15.7 Å². The number of aryl methyl sites for hydroxylation is 2. The number of hydrogen-bond acceptors (Lipinski definition) is 4. The Morgan fingerprint density at radius 3 is 2.36 bits per heavy atom. The Morgan fingerprint density at radius 1 is 1.08 bits per heavy atom. The minimum atomic E-state index is -3.46. The number of hydrogen-bond donors (Lipinski definition) is 2. The molecular formula is C19H23NO4S. The van der Waals surface area contributed by atoms with E-state index in [1.165, 1.54) is 0 Å². The van der Waals surface area contributed by atoms with Gasteiger partial charge in [0.05, 0.1) is 17.3 Å². The number of sulfone groups is 1. The van der Waals surface area contributed by atoms with Gasteiger partial charge in [0.1, 0.15) is 0 Å². The van der Waals surface area contributed by atoms with Gasteiger partial charge in [0.25, 0.3) is 0 Å². The standard InChI is InChI=1S/C19H23NO4S/c1-14-3-7-18(8-4-14)25(23,24)10-9-19(22)20-12-16-5-6-17(13-21)15(2)11-16/h3-8,11,21H,9-10,12-13H2,1-2H3,(H,20,22). The van der Waals surface area contributed by atoms with Crippen LogP contribution in [0.2, 0.25) is 0 Å². The van der Waals surface area contributed by atoms with Gasteiger partial charge in [0.15, 0.2) is 9.84 Å². The summed E-state index contributed by atoms with van der Waals surface area (Å²) in [6, 6.07) is 12.2. The van der Waals surface area contributed by atoms with E-state index >= 15 is 0 Å². The fourth-order valence-corrected chi connectivity index (χ4v) is 3.67. The number of nitrogens with one attached hydrogen (secondary N) is 1. The van der Waals surface area contributed by atoms with Gasteiger partial charge in [0, 0.05) is 13.0 Å². The maximum Gasteiger partial charge on any atom is 0.221 e. The zero-order valence-electron chi connectivity index (χ0n) is 14.5. The number of aliphatic hydroxyl groups excluding tert-OH is 1. The van der Waals surface area contributed by atoms with Crippen LogP contribution in [0.5, 0.6) is 0 Å². The SMILES string of the molecule is Cc1ccc(S(=O)(=O)CCC(=O)NCc2ccc(CO)c(C)c2)cc1. The van der Waals surface area contributed by atoms with E-state index in [1.54, 1.807) is 24.3 Å². The Hall–Kier alpha value is -2.18. The minimum absolute atomic E-state index is 0.0185. The highest BCUT2D eigenvalue weighted by atomic mass is 32.2. The van der Waals surface area contributed by atoms with Crippen LogP contribution in [-0.2, 0) is 27.8 Å². The fraction of sp³-hybridized carbons (Fsp3) is 0.316. The highest BCUT2D eigenvalue weighted by Gasteiger charge is 2.16. The molecule has 25 heavy (non-hydrogen) atoms. The summed E-state index contributed by atoms with van der Waals surface area (Å²) < 4.78 is 24.5. The second-order valence-corrected chi connectivity index (χ2v) is 8.19. The van der Waals surface area contributed by atoms with Crippen LogP contribution in [0.4, 0.5) is 0 Å². The second-order valence-electron chi connectivity index (χ2n) is 6.08. The molecule has 0 unspecified atom stereocenters. The number of carbonyl (C=O) groups excluding carboxylic acids is 1. The summed E-state index contributed by atoms with van der Waals surface area (Å²) in [6.07, 6.45) is -0.0794. The Balaban J connectivity index is 1.88. The molecule has 0 saturated heterocycles. The normalized spacial score (nSPS) is 11.3. The first-order valence-electron chi connectivity index (χ1n) is 8.07. The van der Waals surface area contributed by atoms with E-state index in [0.29, 0.717) is 6.54 Å². The monoisotopic (exact) mass is 361 g/mol. The van der Waals surface area contributed by atoms with Gasteiger partial charge in [-0.1, -0.05) is 35.9 Å². The van der Waals surface area contributed by atoms with Crippen molar-refractivity contribution in [3.8, 4) is 0 Å². The van der Waals surface area contributed by atoms with Crippen LogP contribution in [0.1, 0.15) is 28.7 Å². The van der Waals surface area contributed by atoms with Crippen molar-refractivity contribution in [2.75, 3.05) is 5.75 Å². The average molecular weight is 361 g/mol. The largest absolute Gasteiger partial charge is 0.392 e. The number of amides is 1. The lowest BCUT2D eigenvalue weighted by atomic mass is 10.1. The van der Waals surface area contributed by atoms with Gasteiger partial charge in [-0.15, -0.1) is 0 Å². The van der Waals surface area contributed by atoms with E-state index in [4.69, 9.17) is 5.11 Å². The highest BCUT2D eigenvalue weighted by molar-refractivity contribution is 7.91. The van der Waals surface area contributed by atoms with E-state index in [0.717, 1.165) is 22.3 Å². The van der Waals surface area contributed by atoms with Crippen LogP contribution in [-0.4, -0.2) is 25.2 Å². The van der Waals surface area contributed by atoms with Gasteiger partial charge in [0.2, 0.25) is 5.91 Å². The molecule has 0 fully saturated rings. The topological polar surface area (TPSA) is 83.5 Å². The lowest BCUT2D eigenvalue weighted by Crippen LogP contribution is -2.25. The predicted octanol–water partition coefficient (Wildman–Crippen LogP) is 2.28. The summed E-state index contributed by atoms with van der Waals surface area (Å²) in [5.74, 6) is -0.524. The van der Waals surface area contributed by atoms with Crippen LogP contribution >= 0.6 is 0 Å². The molecule has 0 aliphatic carbocycles. The average Bonchev–Trinajstić information content (AvgIpc) is 2.59. The van der Waals surface area contributed by atoms with Crippen molar-refractivity contribution in [1.82, 2.24) is 5.32 Å². The molecule has 5 nitrogen and oxygen atoms in total. The molecule has 0 aliphatic heterocycles. The molecule has 0 aromatic heterocycles. The number of benzene rings is 2. The maximum atomic E-state index is 12.2. The van der Waals surface area contributed by atoms with Crippen molar-refractivity contribution in [3.05, 3.63) is 64.7 Å². The molecular weight excluding hydrogens is 338 g/mol. The van der Waals surface area contributed by atoms with E-state index in [9.17, 15) is 13.2 Å². The first kappa shape index (κ1) is 19.1. The molecule has 6 heteroatoms. The van der Waals surface area contributed by atoms with Gasteiger partial charge < -0.3 is 10.4 Å². The van der Waals surface area contributed by atoms with Crippen molar-refractivity contribution in [3.63, 3.8) is 0 Å². The zero-order valence-corrected chi connectivity index (χ0v) is 15.3. The minimum Gasteiger partial charge on any atom is -0.392 e. The molecule has 134 valence electrons. The first-order chi connectivity index (χ1) is 11.8. The third-order valence-electron chi connectivity index (χ3n) is 4.04. The number of aliphatic hydroxyl groups is 1. The van der Waals surface area contributed by atoms with Crippen LogP contribution in [0.25, 0.3) is 0 Å². The molecule has 2 rings (SSSR count). The van der Waals surface area contributed by atoms with Gasteiger partial charge in [-0.3, -0.25) is 4.79 Å². The van der Waals surface area contributed by atoms with Crippen molar-refractivity contribution < 1.29 is 18.3 Å². The van der Waals surface area contributed by atoms with E-state index in [2.05, 4.69) is 5.32 Å². The Bertz CT molecular complexity index is 842. The number of rotatable bonds is 7. The zero-order chi connectivity index (χ0) is 18.4. The maximum absolute atomic E-state index is 12.2. The summed E-state index contributed by atoms with van der Waals surface area (Å²) in [5.41, 5.74) is 3.69. The van der Waals surface area contributed by atoms with Crippen LogP contribution < -0.4 is 5.32 Å². The second kappa shape index (κ2) is 8.27. The molecule has 0 atom stereocenters. The summed E-state index contributed by atoms with van der Waals surface area (Å²) in [7, 11) is -3.46. The molecule has 0 spiro atoms. The third-order valence-corrected chi connectivity index (χ3v) is 5.78. The predicted molar refractivity (Wildman–Crippen MR) is 96.8 cm³/mol.